The van der Waals surface area contributed by atoms with Crippen LogP contribution in [-0.4, -0.2) is 29.0 Å². The first kappa shape index (κ1) is 16.5. The topological polar surface area (TPSA) is 58.1 Å². The van der Waals surface area contributed by atoms with E-state index < -0.39 is 0 Å². The second-order valence-corrected chi connectivity index (χ2v) is 6.73. The molecule has 2 heterocycles. The van der Waals surface area contributed by atoms with Gasteiger partial charge in [0.05, 0.1) is 5.92 Å². The molecule has 1 N–H and O–H groups in total. The summed E-state index contributed by atoms with van der Waals surface area (Å²) in [5.41, 5.74) is 1.12. The normalized spacial score (nSPS) is 17.2. The van der Waals surface area contributed by atoms with Gasteiger partial charge in [0.2, 0.25) is 11.9 Å². The lowest BCUT2D eigenvalue weighted by Gasteiger charge is -2.31. The van der Waals surface area contributed by atoms with Crippen molar-refractivity contribution >= 4 is 22.6 Å². The fourth-order valence-corrected chi connectivity index (χ4v) is 3.51. The van der Waals surface area contributed by atoms with Gasteiger partial charge in [-0.2, -0.15) is 0 Å². The van der Waals surface area contributed by atoms with Crippen LogP contribution in [0.1, 0.15) is 18.4 Å². The van der Waals surface area contributed by atoms with Crippen molar-refractivity contribution in [3.05, 3.63) is 66.5 Å². The minimum absolute atomic E-state index is 0.0204. The summed E-state index contributed by atoms with van der Waals surface area (Å²) in [6.07, 6.45) is 5.37. The minimum Gasteiger partial charge on any atom is -0.352 e. The molecule has 0 aliphatic carbocycles. The quantitative estimate of drug-likeness (QED) is 0.788. The van der Waals surface area contributed by atoms with E-state index in [0.717, 1.165) is 24.9 Å². The Morgan fingerprint density at radius 1 is 1.08 bits per heavy atom. The van der Waals surface area contributed by atoms with Crippen LogP contribution >= 0.6 is 0 Å². The highest BCUT2D eigenvalue weighted by molar-refractivity contribution is 5.83. The maximum Gasteiger partial charge on any atom is 0.225 e. The van der Waals surface area contributed by atoms with Gasteiger partial charge >= 0.3 is 0 Å². The van der Waals surface area contributed by atoms with Gasteiger partial charge in [-0.3, -0.25) is 4.79 Å². The van der Waals surface area contributed by atoms with Crippen molar-refractivity contribution in [1.29, 1.82) is 0 Å². The Labute approximate surface area is 153 Å². The third-order valence-electron chi connectivity index (χ3n) is 4.91. The van der Waals surface area contributed by atoms with Gasteiger partial charge in [-0.05, 0) is 41.3 Å². The van der Waals surface area contributed by atoms with Gasteiger partial charge < -0.3 is 10.2 Å². The largest absolute Gasteiger partial charge is 0.352 e. The summed E-state index contributed by atoms with van der Waals surface area (Å²) in [7, 11) is 0. The Morgan fingerprint density at radius 2 is 1.88 bits per heavy atom. The van der Waals surface area contributed by atoms with Crippen molar-refractivity contribution in [3.63, 3.8) is 0 Å². The summed E-state index contributed by atoms with van der Waals surface area (Å²) in [6, 6.07) is 16.4. The van der Waals surface area contributed by atoms with Crippen LogP contribution in [0.2, 0.25) is 0 Å². The minimum atomic E-state index is -0.0204. The molecule has 2 aromatic carbocycles. The first-order valence-electron chi connectivity index (χ1n) is 9.07. The van der Waals surface area contributed by atoms with Crippen molar-refractivity contribution in [2.75, 3.05) is 18.0 Å². The highest BCUT2D eigenvalue weighted by atomic mass is 16.1. The molecule has 5 nitrogen and oxygen atoms in total. The molecule has 1 aliphatic heterocycles. The van der Waals surface area contributed by atoms with E-state index in [1.807, 2.05) is 12.1 Å². The lowest BCUT2D eigenvalue weighted by atomic mass is 9.97. The molecule has 132 valence electrons. The van der Waals surface area contributed by atoms with Crippen molar-refractivity contribution < 1.29 is 4.79 Å². The molecule has 1 fully saturated rings. The summed E-state index contributed by atoms with van der Waals surface area (Å²) in [5.74, 6) is 0.798. The summed E-state index contributed by atoms with van der Waals surface area (Å²) < 4.78 is 0. The van der Waals surface area contributed by atoms with Gasteiger partial charge in [0.25, 0.3) is 0 Å². The lowest BCUT2D eigenvalue weighted by molar-refractivity contribution is -0.125. The van der Waals surface area contributed by atoms with Gasteiger partial charge in [0.15, 0.2) is 0 Å². The molecule has 1 aliphatic rings. The van der Waals surface area contributed by atoms with Crippen LogP contribution < -0.4 is 10.2 Å². The van der Waals surface area contributed by atoms with Gasteiger partial charge in [0, 0.05) is 32.0 Å². The SMILES string of the molecule is O=C(NCc1ccc2ccccc2c1)C1CCCN(c2ncccn2)C1. The molecule has 0 saturated carbocycles. The van der Waals surface area contributed by atoms with Crippen molar-refractivity contribution in [2.24, 2.45) is 5.92 Å². The number of nitrogens with zero attached hydrogens (tertiary/aromatic N) is 3. The highest BCUT2D eigenvalue weighted by Crippen LogP contribution is 2.20. The molecule has 3 aromatic rings. The third-order valence-corrected chi connectivity index (χ3v) is 4.91. The fraction of sp³-hybridized carbons (Fsp3) is 0.286. The van der Waals surface area contributed by atoms with E-state index in [9.17, 15) is 4.79 Å². The number of piperidine rings is 1. The average Bonchev–Trinajstić information content (AvgIpc) is 2.72. The van der Waals surface area contributed by atoms with Gasteiger partial charge in [-0.15, -0.1) is 0 Å². The molecule has 26 heavy (non-hydrogen) atoms. The number of benzene rings is 2. The van der Waals surface area contributed by atoms with E-state index in [2.05, 4.69) is 50.5 Å². The standard InChI is InChI=1S/C21H22N4O/c26-20(19-7-3-12-25(15-19)21-22-10-4-11-23-21)24-14-16-8-9-17-5-1-2-6-18(17)13-16/h1-2,4-6,8-11,13,19H,3,7,12,14-15H2,(H,24,26). The van der Waals surface area contributed by atoms with Crippen LogP contribution in [0.15, 0.2) is 60.9 Å². The number of fused-ring (bicyclic) bond motifs is 1. The van der Waals surface area contributed by atoms with E-state index in [4.69, 9.17) is 0 Å². The van der Waals surface area contributed by atoms with Crippen LogP contribution in [0.3, 0.4) is 0 Å². The number of amides is 1. The fourth-order valence-electron chi connectivity index (χ4n) is 3.51. The van der Waals surface area contributed by atoms with Crippen LogP contribution in [-0.2, 0) is 11.3 Å². The molecule has 5 heteroatoms. The Kier molecular flexibility index (Phi) is 4.78. The number of hydrogen-bond acceptors (Lipinski definition) is 4. The molecular formula is C21H22N4O. The van der Waals surface area contributed by atoms with Gasteiger partial charge in [-0.25, -0.2) is 9.97 Å². The molecule has 0 bridgehead atoms. The first-order valence-corrected chi connectivity index (χ1v) is 9.07. The van der Waals surface area contributed by atoms with Crippen LogP contribution in [0.5, 0.6) is 0 Å². The first-order chi connectivity index (χ1) is 12.8. The number of hydrogen-bond donors (Lipinski definition) is 1. The van der Waals surface area contributed by atoms with E-state index >= 15 is 0 Å². The summed E-state index contributed by atoms with van der Waals surface area (Å²) >= 11 is 0. The maximum absolute atomic E-state index is 12.6. The summed E-state index contributed by atoms with van der Waals surface area (Å²) in [6.45, 7) is 2.13. The van der Waals surface area contributed by atoms with E-state index in [1.165, 1.54) is 10.8 Å². The Balaban J connectivity index is 1.38. The second-order valence-electron chi connectivity index (χ2n) is 6.73. The summed E-state index contributed by atoms with van der Waals surface area (Å²) in [5, 5.41) is 5.51. The van der Waals surface area contributed by atoms with Crippen molar-refractivity contribution in [3.8, 4) is 0 Å². The second kappa shape index (κ2) is 7.52. The van der Waals surface area contributed by atoms with E-state index in [0.29, 0.717) is 19.0 Å². The highest BCUT2D eigenvalue weighted by Gasteiger charge is 2.26. The summed E-state index contributed by atoms with van der Waals surface area (Å²) in [4.78, 5) is 23.3. The Hall–Kier alpha value is -2.95. The number of carbonyl (C=O) groups excluding carboxylic acids is 1. The maximum atomic E-state index is 12.6. The molecule has 1 atom stereocenters. The number of rotatable bonds is 4. The van der Waals surface area contributed by atoms with Gasteiger partial charge in [0.1, 0.15) is 0 Å². The zero-order valence-electron chi connectivity index (χ0n) is 14.6. The molecule has 1 unspecified atom stereocenters. The van der Waals surface area contributed by atoms with Crippen LogP contribution in [0.4, 0.5) is 5.95 Å². The zero-order valence-corrected chi connectivity index (χ0v) is 14.6. The lowest BCUT2D eigenvalue weighted by Crippen LogP contribution is -2.43. The molecule has 1 aromatic heterocycles. The number of nitrogens with one attached hydrogen (secondary N) is 1. The van der Waals surface area contributed by atoms with Gasteiger partial charge in [-0.1, -0.05) is 36.4 Å². The van der Waals surface area contributed by atoms with Crippen molar-refractivity contribution in [2.45, 2.75) is 19.4 Å². The monoisotopic (exact) mass is 346 g/mol. The van der Waals surface area contributed by atoms with E-state index in [-0.39, 0.29) is 11.8 Å². The average molecular weight is 346 g/mol. The predicted octanol–water partition coefficient (Wildman–Crippen LogP) is 3.16. The van der Waals surface area contributed by atoms with Crippen molar-refractivity contribution in [1.82, 2.24) is 15.3 Å². The Morgan fingerprint density at radius 3 is 2.73 bits per heavy atom. The molecule has 1 saturated heterocycles. The smallest absolute Gasteiger partial charge is 0.225 e. The Bertz CT molecular complexity index is 897. The van der Waals surface area contributed by atoms with Crippen LogP contribution in [0.25, 0.3) is 10.8 Å². The molecule has 0 spiro atoms. The third kappa shape index (κ3) is 3.67. The molecule has 1 amide bonds. The number of aromatic nitrogens is 2. The molecular weight excluding hydrogens is 324 g/mol. The number of carbonyl (C=O) groups is 1. The number of anilines is 1. The van der Waals surface area contributed by atoms with Crippen LogP contribution in [0, 0.1) is 5.92 Å². The predicted molar refractivity (Wildman–Crippen MR) is 103 cm³/mol. The van der Waals surface area contributed by atoms with E-state index in [1.54, 1.807) is 18.5 Å². The molecule has 0 radical (unpaired) electrons. The zero-order chi connectivity index (χ0) is 17.8. The molecule has 4 rings (SSSR count).